The molecule has 0 aliphatic carbocycles. The highest BCUT2D eigenvalue weighted by Crippen LogP contribution is 2.30. The van der Waals surface area contributed by atoms with Crippen molar-refractivity contribution in [2.45, 2.75) is 13.8 Å². The Morgan fingerprint density at radius 3 is 2.77 bits per heavy atom. The van der Waals surface area contributed by atoms with Gasteiger partial charge in [0.05, 0.1) is 15.9 Å². The minimum absolute atomic E-state index is 0.702. The molecule has 5 heteroatoms. The normalized spacial score (nSPS) is 11.7. The Labute approximate surface area is 157 Å². The summed E-state index contributed by atoms with van der Waals surface area (Å²) in [6.45, 7) is 8.12. The largest absolute Gasteiger partial charge is 0.492 e. The Kier molecular flexibility index (Phi) is 4.91. The van der Waals surface area contributed by atoms with E-state index in [1.165, 1.54) is 10.2 Å². The first-order chi connectivity index (χ1) is 12.8. The topological polar surface area (TPSA) is 29.8 Å². The lowest BCUT2D eigenvalue weighted by molar-refractivity contribution is 0.223. The summed E-state index contributed by atoms with van der Waals surface area (Å²) in [5, 5.41) is 0. The number of para-hydroxylation sites is 1. The predicted molar refractivity (Wildman–Crippen MR) is 109 cm³/mol. The molecule has 4 nitrogen and oxygen atoms in total. The van der Waals surface area contributed by atoms with E-state index in [0.717, 1.165) is 41.6 Å². The van der Waals surface area contributed by atoms with Gasteiger partial charge < -0.3 is 9.64 Å². The summed E-state index contributed by atoms with van der Waals surface area (Å²) >= 11 is 1.72. The Bertz CT molecular complexity index is 1020. The fraction of sp³-hybridized carbons (Fsp3) is 0.286. The maximum atomic E-state index is 5.95. The van der Waals surface area contributed by atoms with Crippen LogP contribution in [0.2, 0.25) is 0 Å². The van der Waals surface area contributed by atoms with Crippen LogP contribution in [0.4, 0.5) is 0 Å². The highest BCUT2D eigenvalue weighted by molar-refractivity contribution is 7.23. The summed E-state index contributed by atoms with van der Waals surface area (Å²) in [6, 6.07) is 16.6. The maximum absolute atomic E-state index is 5.95. The fourth-order valence-corrected chi connectivity index (χ4v) is 4.17. The Balaban J connectivity index is 1.55. The summed E-state index contributed by atoms with van der Waals surface area (Å²) in [7, 11) is 0. The van der Waals surface area contributed by atoms with Crippen LogP contribution in [-0.4, -0.2) is 40.5 Å². The summed E-state index contributed by atoms with van der Waals surface area (Å²) in [5.74, 6) is 0.899. The molecule has 4 rings (SSSR count). The lowest BCUT2D eigenvalue weighted by Crippen LogP contribution is -2.27. The third kappa shape index (κ3) is 3.32. The maximum Gasteiger partial charge on any atom is 0.195 e. The molecule has 0 saturated carbocycles. The molecule has 4 aromatic rings. The third-order valence-corrected chi connectivity index (χ3v) is 5.74. The first kappa shape index (κ1) is 17.1. The molecule has 0 aliphatic rings. The van der Waals surface area contributed by atoms with Gasteiger partial charge in [-0.25, -0.2) is 4.98 Å². The van der Waals surface area contributed by atoms with Crippen LogP contribution in [0.1, 0.15) is 13.8 Å². The van der Waals surface area contributed by atoms with Crippen LogP contribution >= 0.6 is 11.3 Å². The molecule has 0 unspecified atom stereocenters. The first-order valence-corrected chi connectivity index (χ1v) is 9.92. The number of nitrogens with zero attached hydrogens (tertiary/aromatic N) is 3. The predicted octanol–water partition coefficient (Wildman–Crippen LogP) is 4.94. The number of hydrogen-bond acceptors (Lipinski definition) is 4. The number of benzene rings is 2. The molecule has 0 fully saturated rings. The van der Waals surface area contributed by atoms with Crippen molar-refractivity contribution < 1.29 is 4.74 Å². The number of fused-ring (bicyclic) bond motifs is 3. The molecule has 0 radical (unpaired) electrons. The zero-order valence-corrected chi connectivity index (χ0v) is 16.0. The molecular weight excluding hydrogens is 342 g/mol. The molecule has 2 heterocycles. The lowest BCUT2D eigenvalue weighted by Gasteiger charge is -2.18. The van der Waals surface area contributed by atoms with E-state index in [9.17, 15) is 0 Å². The van der Waals surface area contributed by atoms with Gasteiger partial charge in [-0.2, -0.15) is 0 Å². The van der Waals surface area contributed by atoms with Crippen LogP contribution in [-0.2, 0) is 0 Å². The number of aromatic nitrogens is 2. The van der Waals surface area contributed by atoms with Crippen molar-refractivity contribution >= 4 is 26.5 Å². The molecule has 0 amide bonds. The molecule has 2 aromatic heterocycles. The summed E-state index contributed by atoms with van der Waals surface area (Å²) in [6.07, 6.45) is 2.11. The van der Waals surface area contributed by atoms with Crippen LogP contribution < -0.4 is 4.74 Å². The van der Waals surface area contributed by atoms with Gasteiger partial charge in [0, 0.05) is 18.3 Å². The van der Waals surface area contributed by atoms with E-state index in [-0.39, 0.29) is 0 Å². The number of thiazole rings is 1. The smallest absolute Gasteiger partial charge is 0.195 e. The van der Waals surface area contributed by atoms with E-state index in [2.05, 4.69) is 65.7 Å². The van der Waals surface area contributed by atoms with Crippen molar-refractivity contribution in [1.29, 1.82) is 0 Å². The molecule has 0 spiro atoms. The minimum atomic E-state index is 0.702. The van der Waals surface area contributed by atoms with Crippen molar-refractivity contribution in [3.63, 3.8) is 0 Å². The number of hydrogen-bond donors (Lipinski definition) is 0. The average molecular weight is 366 g/mol. The zero-order valence-electron chi connectivity index (χ0n) is 15.2. The van der Waals surface area contributed by atoms with Gasteiger partial charge in [-0.15, -0.1) is 0 Å². The van der Waals surface area contributed by atoms with Crippen molar-refractivity contribution in [3.8, 4) is 17.0 Å². The van der Waals surface area contributed by atoms with E-state index in [1.54, 1.807) is 11.3 Å². The highest BCUT2D eigenvalue weighted by Gasteiger charge is 2.10. The van der Waals surface area contributed by atoms with Gasteiger partial charge >= 0.3 is 0 Å². The van der Waals surface area contributed by atoms with Gasteiger partial charge in [0.2, 0.25) is 0 Å². The number of rotatable bonds is 7. The van der Waals surface area contributed by atoms with Gasteiger partial charge in [0.1, 0.15) is 12.4 Å². The molecular formula is C21H23N3OS. The number of ether oxygens (including phenoxy) is 1. The third-order valence-electron chi connectivity index (χ3n) is 4.70. The van der Waals surface area contributed by atoms with Crippen LogP contribution in [0, 0.1) is 0 Å². The van der Waals surface area contributed by atoms with Gasteiger partial charge in [-0.05, 0) is 37.4 Å². The van der Waals surface area contributed by atoms with Crippen molar-refractivity contribution in [1.82, 2.24) is 14.3 Å². The Morgan fingerprint density at radius 2 is 1.92 bits per heavy atom. The second-order valence-corrected chi connectivity index (χ2v) is 7.26. The van der Waals surface area contributed by atoms with Gasteiger partial charge in [0.25, 0.3) is 0 Å². The van der Waals surface area contributed by atoms with Crippen LogP contribution in [0.5, 0.6) is 5.75 Å². The summed E-state index contributed by atoms with van der Waals surface area (Å²) < 4.78 is 9.38. The lowest BCUT2D eigenvalue weighted by atomic mass is 10.1. The molecule has 0 bridgehead atoms. The van der Waals surface area contributed by atoms with Crippen molar-refractivity contribution in [3.05, 3.63) is 54.7 Å². The second kappa shape index (κ2) is 7.48. The highest BCUT2D eigenvalue weighted by atomic mass is 32.1. The summed E-state index contributed by atoms with van der Waals surface area (Å²) in [4.78, 5) is 8.20. The molecule has 0 N–H and O–H groups in total. The standard InChI is InChI=1S/C21H23N3OS/c1-3-23(4-2)12-13-25-17-9-7-8-16(14-17)18-15-24-19-10-5-6-11-20(19)26-21(24)22-18/h5-11,14-15H,3-4,12-13H2,1-2H3. The Morgan fingerprint density at radius 1 is 1.08 bits per heavy atom. The number of likely N-dealkylation sites (N-methyl/N-ethyl adjacent to an activating group) is 1. The molecule has 0 aliphatic heterocycles. The van der Waals surface area contributed by atoms with E-state index in [1.807, 2.05) is 12.1 Å². The second-order valence-electron chi connectivity index (χ2n) is 6.25. The minimum Gasteiger partial charge on any atom is -0.492 e. The van der Waals surface area contributed by atoms with Crippen molar-refractivity contribution in [2.24, 2.45) is 0 Å². The SMILES string of the molecule is CCN(CC)CCOc1cccc(-c2cn3c(n2)sc2ccccc23)c1. The molecule has 134 valence electrons. The zero-order chi connectivity index (χ0) is 17.9. The molecule has 0 saturated heterocycles. The Hall–Kier alpha value is -2.37. The fourth-order valence-electron chi connectivity index (χ4n) is 3.17. The van der Waals surface area contributed by atoms with Crippen molar-refractivity contribution in [2.75, 3.05) is 26.2 Å². The number of imidazole rings is 1. The molecule has 0 atom stereocenters. The van der Waals surface area contributed by atoms with E-state index in [0.29, 0.717) is 6.61 Å². The van der Waals surface area contributed by atoms with Crippen LogP contribution in [0.15, 0.2) is 54.7 Å². The molecule has 26 heavy (non-hydrogen) atoms. The van der Waals surface area contributed by atoms with Gasteiger partial charge in [-0.1, -0.05) is 49.4 Å². The average Bonchev–Trinajstić information content (AvgIpc) is 3.23. The summed E-state index contributed by atoms with van der Waals surface area (Å²) in [5.41, 5.74) is 3.28. The monoisotopic (exact) mass is 365 g/mol. The quantitative estimate of drug-likeness (QED) is 0.465. The molecule has 2 aromatic carbocycles. The van der Waals surface area contributed by atoms with E-state index >= 15 is 0 Å². The first-order valence-electron chi connectivity index (χ1n) is 9.10. The van der Waals surface area contributed by atoms with Gasteiger partial charge in [0.15, 0.2) is 4.96 Å². The van der Waals surface area contributed by atoms with Crippen LogP contribution in [0.3, 0.4) is 0 Å². The van der Waals surface area contributed by atoms with E-state index < -0.39 is 0 Å². The van der Waals surface area contributed by atoms with Crippen LogP contribution in [0.25, 0.3) is 26.4 Å². The van der Waals surface area contributed by atoms with E-state index in [4.69, 9.17) is 9.72 Å². The van der Waals surface area contributed by atoms with Gasteiger partial charge in [-0.3, -0.25) is 4.40 Å².